The lowest BCUT2D eigenvalue weighted by atomic mass is 9.87. The molecule has 1 aliphatic heterocycles. The number of likely N-dealkylation sites (tertiary alicyclic amines) is 1. The smallest absolute Gasteiger partial charge is 0.410 e. The first kappa shape index (κ1) is 18.1. The van der Waals surface area contributed by atoms with Gasteiger partial charge in [-0.1, -0.05) is 11.9 Å². The fourth-order valence-corrected chi connectivity index (χ4v) is 3.61. The van der Waals surface area contributed by atoms with Crippen LogP contribution in [0.3, 0.4) is 0 Å². The van der Waals surface area contributed by atoms with Crippen LogP contribution in [0.15, 0.2) is 0 Å². The molecule has 0 radical (unpaired) electrons. The van der Waals surface area contributed by atoms with Crippen molar-refractivity contribution in [2.45, 2.75) is 51.6 Å². The Kier molecular flexibility index (Phi) is 7.13. The number of carbonyl (C=O) groups excluding carboxylic acids is 2. The van der Waals surface area contributed by atoms with Crippen LogP contribution in [0.5, 0.6) is 0 Å². The van der Waals surface area contributed by atoms with Crippen LogP contribution in [0.2, 0.25) is 6.32 Å². The van der Waals surface area contributed by atoms with Crippen LogP contribution in [0.1, 0.15) is 33.6 Å². The lowest BCUT2D eigenvalue weighted by Gasteiger charge is -2.36. The van der Waals surface area contributed by atoms with E-state index in [-0.39, 0.29) is 9.63 Å². The third-order valence-electron chi connectivity index (χ3n) is 2.81. The first-order valence-electron chi connectivity index (χ1n) is 6.60. The van der Waals surface area contributed by atoms with E-state index in [1.807, 2.05) is 20.8 Å². The Hall–Kier alpha value is 0.0449. The van der Waals surface area contributed by atoms with Crippen LogP contribution < -0.4 is 0 Å². The molecule has 1 heterocycles. The molecule has 0 saturated carbocycles. The molecule has 20 heavy (non-hydrogen) atoms. The normalized spacial score (nSPS) is 19.9. The molecule has 1 saturated heterocycles. The summed E-state index contributed by atoms with van der Waals surface area (Å²) in [6.07, 6.45) is 1.42. The predicted octanol–water partition coefficient (Wildman–Crippen LogP) is 3.17. The fourth-order valence-electron chi connectivity index (χ4n) is 2.04. The van der Waals surface area contributed by atoms with E-state index in [2.05, 4.69) is 22.4 Å². The van der Waals surface area contributed by atoms with Gasteiger partial charge in [0.05, 0.1) is 6.04 Å². The fraction of sp³-hybridized carbons (Fsp3) is 0.833. The van der Waals surface area contributed by atoms with Crippen molar-refractivity contribution in [3.05, 3.63) is 0 Å². The van der Waals surface area contributed by atoms with Gasteiger partial charge in [0, 0.05) is 20.1 Å². The van der Waals surface area contributed by atoms with E-state index in [0.29, 0.717) is 25.7 Å². The van der Waals surface area contributed by atoms with Gasteiger partial charge in [0.25, 0.3) is 0 Å². The summed E-state index contributed by atoms with van der Waals surface area (Å²) in [5.74, 6) is 0.112. The standard InChI is InChI=1S/C12H21BINO4S/c1-12(2,3)19-11(17)15-7-5-6-10(16)9(15)8-13(14)20-18-4/h9H,5-8H2,1-4H3. The Morgan fingerprint density at radius 3 is 2.75 bits per heavy atom. The van der Waals surface area contributed by atoms with Crippen molar-refractivity contribution >= 4 is 50.0 Å². The molecule has 0 aromatic rings. The van der Waals surface area contributed by atoms with E-state index in [4.69, 9.17) is 8.92 Å². The van der Waals surface area contributed by atoms with Crippen molar-refractivity contribution in [2.24, 2.45) is 0 Å². The van der Waals surface area contributed by atoms with Gasteiger partial charge in [0.15, 0.2) is 5.78 Å². The van der Waals surface area contributed by atoms with Gasteiger partial charge in [0.1, 0.15) is 5.60 Å². The van der Waals surface area contributed by atoms with Crippen molar-refractivity contribution in [3.63, 3.8) is 0 Å². The first-order valence-corrected chi connectivity index (χ1v) is 8.65. The summed E-state index contributed by atoms with van der Waals surface area (Å²) in [4.78, 5) is 25.9. The van der Waals surface area contributed by atoms with Crippen molar-refractivity contribution < 1.29 is 18.5 Å². The predicted molar refractivity (Wildman–Crippen MR) is 90.2 cm³/mol. The maximum atomic E-state index is 12.2. The Morgan fingerprint density at radius 2 is 2.20 bits per heavy atom. The molecule has 1 aliphatic rings. The zero-order valence-electron chi connectivity index (χ0n) is 12.3. The number of rotatable bonds is 4. The van der Waals surface area contributed by atoms with Crippen molar-refractivity contribution in [1.82, 2.24) is 4.90 Å². The van der Waals surface area contributed by atoms with E-state index < -0.39 is 17.7 Å². The molecule has 0 aliphatic carbocycles. The highest BCUT2D eigenvalue weighted by Gasteiger charge is 2.37. The lowest BCUT2D eigenvalue weighted by Crippen LogP contribution is -2.51. The summed E-state index contributed by atoms with van der Waals surface area (Å²) in [6.45, 7) is 6.06. The van der Waals surface area contributed by atoms with Crippen molar-refractivity contribution in [1.29, 1.82) is 0 Å². The first-order chi connectivity index (χ1) is 9.24. The third-order valence-corrected chi connectivity index (χ3v) is 4.53. The number of ketones is 1. The van der Waals surface area contributed by atoms with Gasteiger partial charge in [-0.2, -0.15) is 0 Å². The molecular formula is C12H21BINO4S. The minimum absolute atomic E-state index is 0.112. The summed E-state index contributed by atoms with van der Waals surface area (Å²) in [7, 11) is 1.60. The van der Waals surface area contributed by atoms with Gasteiger partial charge < -0.3 is 8.92 Å². The second-order valence-corrected chi connectivity index (χ2v) is 9.11. The zero-order chi connectivity index (χ0) is 15.3. The molecule has 1 atom stereocenters. The van der Waals surface area contributed by atoms with Gasteiger partial charge in [-0.15, -0.1) is 22.4 Å². The number of ether oxygens (including phenoxy) is 1. The van der Waals surface area contributed by atoms with Crippen LogP contribution in [0, 0.1) is 0 Å². The second kappa shape index (κ2) is 7.88. The van der Waals surface area contributed by atoms with Gasteiger partial charge in [-0.25, -0.2) is 4.79 Å². The number of hydrogen-bond donors (Lipinski definition) is 0. The largest absolute Gasteiger partial charge is 0.444 e. The number of amides is 1. The molecule has 1 rings (SSSR count). The maximum absolute atomic E-state index is 12.2. The highest BCUT2D eigenvalue weighted by Crippen LogP contribution is 2.27. The molecule has 1 fully saturated rings. The molecular weight excluding hydrogens is 392 g/mol. The van der Waals surface area contributed by atoms with Gasteiger partial charge in [-0.3, -0.25) is 9.69 Å². The Labute approximate surface area is 138 Å². The molecule has 0 N–H and O–H groups in total. The molecule has 0 bridgehead atoms. The third kappa shape index (κ3) is 5.81. The van der Waals surface area contributed by atoms with Crippen LogP contribution in [0.4, 0.5) is 4.79 Å². The number of piperidine rings is 1. The summed E-state index contributed by atoms with van der Waals surface area (Å²) in [6, 6.07) is -0.400. The number of nitrogens with zero attached hydrogens (tertiary/aromatic N) is 1. The highest BCUT2D eigenvalue weighted by molar-refractivity contribution is 14.1. The summed E-state index contributed by atoms with van der Waals surface area (Å²) >= 11 is 3.53. The molecule has 114 valence electrons. The van der Waals surface area contributed by atoms with E-state index in [1.54, 1.807) is 12.0 Å². The molecule has 1 amide bonds. The van der Waals surface area contributed by atoms with Crippen molar-refractivity contribution in [3.8, 4) is 0 Å². The molecule has 8 heteroatoms. The minimum Gasteiger partial charge on any atom is -0.444 e. The number of hydrogen-bond acceptors (Lipinski definition) is 5. The Morgan fingerprint density at radius 1 is 1.55 bits per heavy atom. The zero-order valence-corrected chi connectivity index (χ0v) is 15.3. The lowest BCUT2D eigenvalue weighted by molar-refractivity contribution is -0.126. The van der Waals surface area contributed by atoms with E-state index >= 15 is 0 Å². The van der Waals surface area contributed by atoms with Gasteiger partial charge >= 0.3 is 9.94 Å². The van der Waals surface area contributed by atoms with Crippen LogP contribution in [0.25, 0.3) is 0 Å². The highest BCUT2D eigenvalue weighted by atomic mass is 127. The molecule has 0 spiro atoms. The minimum atomic E-state index is -0.548. The monoisotopic (exact) mass is 413 g/mol. The maximum Gasteiger partial charge on any atom is 0.410 e. The number of halogens is 1. The van der Waals surface area contributed by atoms with Crippen LogP contribution >= 0.6 is 34.3 Å². The summed E-state index contributed by atoms with van der Waals surface area (Å²) < 4.78 is 10.5. The quantitative estimate of drug-likeness (QED) is 0.403. The van der Waals surface area contributed by atoms with E-state index in [9.17, 15) is 9.59 Å². The average molecular weight is 413 g/mol. The SMILES string of the molecule is COSB(I)CC1C(=O)CCCN1C(=O)OC(C)(C)C. The Bertz CT molecular complexity index is 364. The molecule has 0 aromatic heterocycles. The van der Waals surface area contributed by atoms with Gasteiger partial charge in [-0.05, 0) is 33.5 Å². The Balaban J connectivity index is 2.74. The van der Waals surface area contributed by atoms with Crippen LogP contribution in [-0.2, 0) is 13.7 Å². The van der Waals surface area contributed by atoms with Gasteiger partial charge in [0.2, 0.25) is 0 Å². The van der Waals surface area contributed by atoms with Crippen molar-refractivity contribution in [2.75, 3.05) is 13.7 Å². The summed E-state index contributed by atoms with van der Waals surface area (Å²) in [5.41, 5.74) is -0.548. The average Bonchev–Trinajstić information content (AvgIpc) is 2.29. The van der Waals surface area contributed by atoms with E-state index in [1.165, 1.54) is 11.9 Å². The summed E-state index contributed by atoms with van der Waals surface area (Å²) in [5, 5.41) is 0. The number of carbonyl (C=O) groups is 2. The second-order valence-electron chi connectivity index (χ2n) is 5.67. The molecule has 5 nitrogen and oxygen atoms in total. The van der Waals surface area contributed by atoms with E-state index in [0.717, 1.165) is 0 Å². The topological polar surface area (TPSA) is 55.8 Å². The van der Waals surface area contributed by atoms with Crippen LogP contribution in [-0.4, -0.2) is 45.9 Å². The molecule has 1 unspecified atom stereocenters. The number of Topliss-reactive ketones (excluding diaryl/α,β-unsaturated/α-hetero) is 1. The molecule has 0 aromatic carbocycles.